The molecule has 0 aliphatic carbocycles. The number of nitrogens with zero attached hydrogens (tertiary/aromatic N) is 4. The molecule has 11 aromatic rings. The largest absolute Gasteiger partial charge is 0.458 e. The van der Waals surface area contributed by atoms with Crippen molar-refractivity contribution in [1.29, 1.82) is 0 Å². The van der Waals surface area contributed by atoms with Gasteiger partial charge in [-0.1, -0.05) is 182 Å². The lowest BCUT2D eigenvalue weighted by Gasteiger charge is -2.27. The van der Waals surface area contributed by atoms with E-state index in [1.54, 1.807) is 0 Å². The summed E-state index contributed by atoms with van der Waals surface area (Å²) in [6.07, 6.45) is 6.54. The second kappa shape index (κ2) is 17.2. The molecule has 8 aromatic carbocycles. The fourth-order valence-corrected chi connectivity index (χ4v) is 9.42. The molecule has 0 amide bonds. The van der Waals surface area contributed by atoms with Gasteiger partial charge in [-0.25, -0.2) is 4.98 Å². The molecule has 5 nitrogen and oxygen atoms in total. The highest BCUT2D eigenvalue weighted by molar-refractivity contribution is 6.09. The van der Waals surface area contributed by atoms with Gasteiger partial charge in [0, 0.05) is 23.0 Å². The quantitative estimate of drug-likeness (QED) is 0.107. The number of fused-ring (bicyclic) bond motifs is 4. The van der Waals surface area contributed by atoms with Crippen molar-refractivity contribution in [2.75, 3.05) is 0 Å². The van der Waals surface area contributed by atoms with Crippen molar-refractivity contribution in [3.8, 4) is 62.1 Å². The van der Waals surface area contributed by atoms with Gasteiger partial charge in [-0.05, 0) is 122 Å². The van der Waals surface area contributed by atoms with Crippen LogP contribution in [0.5, 0.6) is 11.5 Å². The van der Waals surface area contributed by atoms with Gasteiger partial charge in [0.2, 0.25) is 0 Å². The van der Waals surface area contributed by atoms with Crippen molar-refractivity contribution in [3.63, 3.8) is 0 Å². The molecule has 0 saturated carbocycles. The van der Waals surface area contributed by atoms with Crippen LogP contribution < -0.4 is 9.30 Å². The molecule has 0 bridgehead atoms. The van der Waals surface area contributed by atoms with Gasteiger partial charge in [-0.3, -0.25) is 13.7 Å². The topological polar surface area (TPSA) is 35.9 Å². The second-order valence-corrected chi connectivity index (χ2v) is 19.8. The number of pyridine rings is 1. The second-order valence-electron chi connectivity index (χ2n) is 19.8. The molecule has 0 aliphatic rings. The Kier molecular flexibility index (Phi) is 9.50. The Balaban J connectivity index is 1.14. The average molecular weight is 902 g/mol. The number of hydrogen-bond acceptors (Lipinski definition) is 2. The highest BCUT2D eigenvalue weighted by Crippen LogP contribution is 2.40. The van der Waals surface area contributed by atoms with Crippen LogP contribution in [0.2, 0.25) is 0 Å². The standard InChI is InChI=1S/C64H56N4O/c1-8-43-33-34-65-61(35-43)68-57-28-16-15-25-55(57)56-31-30-52(41-59(56)68)69-51-24-17-23-50(40-51)66-42-67(60-38-46(29-32-58(60)66)44-19-11-9-12-20-44)62-53(45-21-13-10-14-22-45)26-18-27-54(62)47-36-48(63(2,3)4)39-49(37-47)64(5,6)7/h9-41H,8H2,1-7H3/i10D,13D,14D,21D,22D. The van der Waals surface area contributed by atoms with Crippen LogP contribution in [0.4, 0.5) is 0 Å². The molecule has 0 unspecified atom stereocenters. The van der Waals surface area contributed by atoms with E-state index in [0.29, 0.717) is 22.7 Å². The van der Waals surface area contributed by atoms with Crippen LogP contribution in [0.1, 0.15) is 72.0 Å². The molecular weight excluding hydrogens is 841 g/mol. The van der Waals surface area contributed by atoms with E-state index in [9.17, 15) is 2.74 Å². The number of para-hydroxylation sites is 2. The van der Waals surface area contributed by atoms with E-state index in [1.165, 1.54) is 5.56 Å². The van der Waals surface area contributed by atoms with E-state index in [1.807, 2.05) is 76.0 Å². The van der Waals surface area contributed by atoms with Crippen molar-refractivity contribution in [3.05, 3.63) is 223 Å². The zero-order valence-electron chi connectivity index (χ0n) is 45.1. The summed E-state index contributed by atoms with van der Waals surface area (Å²) in [4.78, 5) is 4.82. The Morgan fingerprint density at radius 3 is 2.01 bits per heavy atom. The molecule has 0 spiro atoms. The predicted octanol–water partition coefficient (Wildman–Crippen LogP) is 16.2. The van der Waals surface area contributed by atoms with E-state index < -0.39 is 18.1 Å². The average Bonchev–Trinajstić information content (AvgIpc) is 3.95. The van der Waals surface area contributed by atoms with Crippen molar-refractivity contribution >= 4 is 32.8 Å². The Morgan fingerprint density at radius 1 is 0.565 bits per heavy atom. The first kappa shape index (κ1) is 38.0. The van der Waals surface area contributed by atoms with Crippen LogP contribution >= 0.6 is 0 Å². The van der Waals surface area contributed by atoms with Gasteiger partial charge in [0.15, 0.2) is 0 Å². The van der Waals surface area contributed by atoms with Crippen LogP contribution in [0.15, 0.2) is 200 Å². The van der Waals surface area contributed by atoms with Gasteiger partial charge < -0.3 is 4.74 Å². The maximum Gasteiger partial charge on any atom is 0.269 e. The van der Waals surface area contributed by atoms with Crippen LogP contribution in [0, 0.1) is 6.33 Å². The Hall–Kier alpha value is -8.02. The lowest BCUT2D eigenvalue weighted by molar-refractivity contribution is -0.571. The molecule has 69 heavy (non-hydrogen) atoms. The number of aromatic nitrogens is 4. The molecule has 0 aliphatic heterocycles. The van der Waals surface area contributed by atoms with E-state index in [2.05, 4.69) is 162 Å². The van der Waals surface area contributed by atoms with E-state index in [-0.39, 0.29) is 28.5 Å². The van der Waals surface area contributed by atoms with Gasteiger partial charge in [0.05, 0.1) is 40.3 Å². The zero-order chi connectivity index (χ0) is 51.8. The molecule has 0 fully saturated rings. The number of aryl methyl sites for hydroxylation is 1. The first-order chi connectivity index (χ1) is 35.5. The summed E-state index contributed by atoms with van der Waals surface area (Å²) < 4.78 is 57.9. The third-order valence-corrected chi connectivity index (χ3v) is 13.2. The number of rotatable bonds is 9. The molecule has 338 valence electrons. The maximum absolute atomic E-state index is 9.33. The van der Waals surface area contributed by atoms with Crippen molar-refractivity contribution < 1.29 is 16.2 Å². The van der Waals surface area contributed by atoms with Gasteiger partial charge in [-0.2, -0.15) is 0 Å². The molecule has 0 atom stereocenters. The van der Waals surface area contributed by atoms with Crippen LogP contribution in [-0.2, 0) is 17.3 Å². The van der Waals surface area contributed by atoms with Crippen LogP contribution in [0.3, 0.4) is 0 Å². The van der Waals surface area contributed by atoms with Crippen molar-refractivity contribution in [2.45, 2.75) is 65.7 Å². The number of hydrogen-bond donors (Lipinski definition) is 0. The Labute approximate surface area is 412 Å². The van der Waals surface area contributed by atoms with Crippen molar-refractivity contribution in [1.82, 2.24) is 14.1 Å². The molecule has 11 rings (SSSR count). The summed E-state index contributed by atoms with van der Waals surface area (Å²) in [7, 11) is 0. The first-order valence-electron chi connectivity index (χ1n) is 26.2. The summed E-state index contributed by atoms with van der Waals surface area (Å²) in [5, 5.41) is 2.23. The summed E-state index contributed by atoms with van der Waals surface area (Å²) in [5.41, 5.74) is 12.5. The zero-order valence-corrected chi connectivity index (χ0v) is 40.1. The third kappa shape index (κ3) is 8.18. The fraction of sp³-hybridized carbons (Fsp3) is 0.156. The summed E-state index contributed by atoms with van der Waals surface area (Å²) in [6, 6.07) is 54.1. The number of benzene rings is 8. The van der Waals surface area contributed by atoms with Crippen molar-refractivity contribution in [2.24, 2.45) is 0 Å². The highest BCUT2D eigenvalue weighted by atomic mass is 16.5. The minimum Gasteiger partial charge on any atom is -0.458 e. The molecule has 3 aromatic heterocycles. The minimum absolute atomic E-state index is 0.108. The van der Waals surface area contributed by atoms with E-state index in [0.717, 1.165) is 84.1 Å². The van der Waals surface area contributed by atoms with Gasteiger partial charge in [-0.15, -0.1) is 0 Å². The summed E-state index contributed by atoms with van der Waals surface area (Å²) in [6.45, 7) is 15.4. The van der Waals surface area contributed by atoms with E-state index >= 15 is 0 Å². The summed E-state index contributed by atoms with van der Waals surface area (Å²) >= 11 is 0. The first-order valence-corrected chi connectivity index (χ1v) is 23.7. The van der Waals surface area contributed by atoms with Gasteiger partial charge >= 0.3 is 0 Å². The SMILES string of the molecule is [2H]c1c([2H])c([2H])c(-c2cccc(-c3cc(C(C)(C)C)cc(C(C)(C)C)c3)c2-[n+]2[c-]n(-c3cccc(Oc4ccc5c6ccccc6n(-c6cc(CC)ccn6)c5c4)c3)c3ccc(-c4ccccc4)cc32)c([2H])c1[2H]. The molecule has 5 heteroatoms. The smallest absolute Gasteiger partial charge is 0.269 e. The predicted molar refractivity (Wildman–Crippen MR) is 285 cm³/mol. The molecule has 0 saturated heterocycles. The molecular formula is C64H56N4O. The van der Waals surface area contributed by atoms with Crippen LogP contribution in [-0.4, -0.2) is 14.1 Å². The maximum atomic E-state index is 9.33. The van der Waals surface area contributed by atoms with E-state index in [4.69, 9.17) is 13.8 Å². The summed E-state index contributed by atoms with van der Waals surface area (Å²) in [5.74, 6) is 2.13. The fourth-order valence-electron chi connectivity index (χ4n) is 9.42. The number of imidazole rings is 1. The third-order valence-electron chi connectivity index (χ3n) is 13.2. The normalized spacial score (nSPS) is 13.1. The molecule has 3 heterocycles. The Bertz CT molecular complexity index is 3950. The lowest BCUT2D eigenvalue weighted by atomic mass is 9.78. The minimum atomic E-state index is -0.444. The number of ether oxygens (including phenoxy) is 1. The van der Waals surface area contributed by atoms with Gasteiger partial charge in [0.25, 0.3) is 6.33 Å². The Morgan fingerprint density at radius 2 is 1.26 bits per heavy atom. The molecule has 0 radical (unpaired) electrons. The lowest BCUT2D eigenvalue weighted by Crippen LogP contribution is -2.31. The van der Waals surface area contributed by atoms with Crippen LogP contribution in [0.25, 0.3) is 83.4 Å². The molecule has 0 N–H and O–H groups in total. The monoisotopic (exact) mass is 901 g/mol. The highest BCUT2D eigenvalue weighted by Gasteiger charge is 2.25. The van der Waals surface area contributed by atoms with Gasteiger partial charge in [0.1, 0.15) is 17.3 Å².